The van der Waals surface area contributed by atoms with E-state index in [1.54, 1.807) is 11.3 Å². The van der Waals surface area contributed by atoms with Gasteiger partial charge in [0, 0.05) is 12.2 Å². The smallest absolute Gasteiger partial charge is 0.276 e. The fourth-order valence-electron chi connectivity index (χ4n) is 2.60. The topological polar surface area (TPSA) is 87.1 Å². The van der Waals surface area contributed by atoms with Crippen molar-refractivity contribution in [2.75, 3.05) is 5.75 Å². The normalized spacial score (nSPS) is 11.1. The highest BCUT2D eigenvalue weighted by atomic mass is 32.2. The molecule has 0 aliphatic heterocycles. The van der Waals surface area contributed by atoms with Crippen molar-refractivity contribution in [2.45, 2.75) is 38.5 Å². The zero-order valence-corrected chi connectivity index (χ0v) is 17.8. The third kappa shape index (κ3) is 5.24. The van der Waals surface area contributed by atoms with Crippen LogP contribution in [0.15, 0.2) is 49.9 Å². The van der Waals surface area contributed by atoms with Gasteiger partial charge in [0.15, 0.2) is 6.61 Å². The largest absolute Gasteiger partial charge is 0.484 e. The van der Waals surface area contributed by atoms with Gasteiger partial charge in [-0.1, -0.05) is 35.1 Å². The van der Waals surface area contributed by atoms with Gasteiger partial charge in [-0.3, -0.25) is 0 Å². The van der Waals surface area contributed by atoms with Gasteiger partial charge in [0.05, 0.1) is 4.88 Å². The lowest BCUT2D eigenvalue weighted by Gasteiger charge is -2.07. The predicted molar refractivity (Wildman–Crippen MR) is 111 cm³/mol. The molecule has 7 nitrogen and oxygen atoms in total. The zero-order valence-electron chi connectivity index (χ0n) is 16.1. The van der Waals surface area contributed by atoms with Crippen LogP contribution in [0, 0.1) is 13.8 Å². The molecule has 0 radical (unpaired) electrons. The number of thiophene rings is 1. The highest BCUT2D eigenvalue weighted by molar-refractivity contribution is 7.99. The summed E-state index contributed by atoms with van der Waals surface area (Å²) in [5.74, 6) is 3.40. The number of ether oxygens (including phenoxy) is 1. The minimum atomic E-state index is 0.255. The van der Waals surface area contributed by atoms with E-state index in [0.29, 0.717) is 29.2 Å². The summed E-state index contributed by atoms with van der Waals surface area (Å²) in [7, 11) is 0. The van der Waals surface area contributed by atoms with E-state index < -0.39 is 0 Å². The maximum Gasteiger partial charge on any atom is 0.276 e. The minimum absolute atomic E-state index is 0.255. The van der Waals surface area contributed by atoms with Crippen LogP contribution in [0.5, 0.6) is 5.75 Å². The van der Waals surface area contributed by atoms with E-state index in [9.17, 15) is 0 Å². The average molecular weight is 429 g/mol. The molecule has 0 spiro atoms. The Bertz CT molecular complexity index is 1060. The molecule has 1 aromatic carbocycles. The molecule has 0 saturated carbocycles. The van der Waals surface area contributed by atoms with E-state index in [1.165, 1.54) is 11.8 Å². The Kier molecular flexibility index (Phi) is 6.26. The molecule has 3 heterocycles. The Balaban J connectivity index is 1.21. The summed E-state index contributed by atoms with van der Waals surface area (Å²) in [6.07, 6.45) is 1.58. The molecule has 0 atom stereocenters. The maximum atomic E-state index is 5.80. The van der Waals surface area contributed by atoms with Crippen LogP contribution in [0.3, 0.4) is 0 Å². The van der Waals surface area contributed by atoms with E-state index in [1.807, 2.05) is 43.5 Å². The molecule has 3 aromatic heterocycles. The van der Waals surface area contributed by atoms with E-state index in [4.69, 9.17) is 13.7 Å². The molecule has 0 unspecified atom stereocenters. The van der Waals surface area contributed by atoms with Crippen molar-refractivity contribution < 1.29 is 13.7 Å². The zero-order chi connectivity index (χ0) is 20.1. The van der Waals surface area contributed by atoms with Crippen LogP contribution >= 0.6 is 23.1 Å². The molecule has 4 rings (SSSR count). The summed E-state index contributed by atoms with van der Waals surface area (Å²) in [6, 6.07) is 10.0. The van der Waals surface area contributed by atoms with Crippen molar-refractivity contribution in [1.29, 1.82) is 0 Å². The van der Waals surface area contributed by atoms with Crippen molar-refractivity contribution in [1.82, 2.24) is 20.3 Å². The third-order valence-electron chi connectivity index (χ3n) is 4.11. The number of aromatic nitrogens is 4. The Labute approximate surface area is 176 Å². The number of benzene rings is 1. The molecule has 0 N–H and O–H groups in total. The van der Waals surface area contributed by atoms with Crippen LogP contribution in [0.25, 0.3) is 10.7 Å². The highest BCUT2D eigenvalue weighted by Crippen LogP contribution is 2.23. The highest BCUT2D eigenvalue weighted by Gasteiger charge is 2.11. The fourth-order valence-corrected chi connectivity index (χ4v) is 3.97. The van der Waals surface area contributed by atoms with Gasteiger partial charge in [0.1, 0.15) is 5.75 Å². The number of aryl methyl sites for hydroxylation is 3. The summed E-state index contributed by atoms with van der Waals surface area (Å²) >= 11 is 3.10. The lowest BCUT2D eigenvalue weighted by molar-refractivity contribution is 0.250. The minimum Gasteiger partial charge on any atom is -0.484 e. The second-order valence-electron chi connectivity index (χ2n) is 6.46. The van der Waals surface area contributed by atoms with E-state index in [-0.39, 0.29) is 6.61 Å². The van der Waals surface area contributed by atoms with Crippen LogP contribution < -0.4 is 4.74 Å². The monoisotopic (exact) mass is 428 g/mol. The number of hydrogen-bond donors (Lipinski definition) is 0. The van der Waals surface area contributed by atoms with Gasteiger partial charge in [-0.25, -0.2) is 0 Å². The summed E-state index contributed by atoms with van der Waals surface area (Å²) in [5.41, 5.74) is 2.23. The molecule has 0 amide bonds. The van der Waals surface area contributed by atoms with E-state index in [2.05, 4.69) is 26.4 Å². The van der Waals surface area contributed by atoms with Crippen LogP contribution in [-0.2, 0) is 13.0 Å². The van der Waals surface area contributed by atoms with Crippen LogP contribution in [-0.4, -0.2) is 26.1 Å². The molecule has 150 valence electrons. The van der Waals surface area contributed by atoms with Gasteiger partial charge >= 0.3 is 0 Å². The molecule has 0 saturated heterocycles. The van der Waals surface area contributed by atoms with Crippen molar-refractivity contribution in [3.05, 3.63) is 58.6 Å². The second kappa shape index (κ2) is 9.23. The summed E-state index contributed by atoms with van der Waals surface area (Å²) in [6.45, 7) is 4.30. The Morgan fingerprint density at radius 2 is 2.07 bits per heavy atom. The molecule has 9 heteroatoms. The lowest BCUT2D eigenvalue weighted by Crippen LogP contribution is -1.97. The number of thioether (sulfide) groups is 1. The average Bonchev–Trinajstić information content (AvgIpc) is 3.47. The predicted octanol–water partition coefficient (Wildman–Crippen LogP) is 5.10. The SMILES string of the molecule is Cc1ccc(C)c(OCc2nnc(SCCCc3nc(-c4cccs4)no3)o2)c1. The Morgan fingerprint density at radius 3 is 2.93 bits per heavy atom. The fraction of sp³-hybridized carbons (Fsp3) is 0.300. The van der Waals surface area contributed by atoms with Crippen LogP contribution in [0.4, 0.5) is 0 Å². The maximum absolute atomic E-state index is 5.80. The van der Waals surface area contributed by atoms with Gasteiger partial charge in [-0.2, -0.15) is 4.98 Å². The quantitative estimate of drug-likeness (QED) is 0.269. The van der Waals surface area contributed by atoms with Crippen molar-refractivity contribution in [2.24, 2.45) is 0 Å². The van der Waals surface area contributed by atoms with Crippen molar-refractivity contribution in [3.8, 4) is 16.5 Å². The van der Waals surface area contributed by atoms with Crippen molar-refractivity contribution in [3.63, 3.8) is 0 Å². The molecule has 0 fully saturated rings. The molecular weight excluding hydrogens is 408 g/mol. The van der Waals surface area contributed by atoms with Gasteiger partial charge in [0.25, 0.3) is 11.1 Å². The van der Waals surface area contributed by atoms with E-state index in [0.717, 1.165) is 33.9 Å². The first kappa shape index (κ1) is 19.7. The second-order valence-corrected chi connectivity index (χ2v) is 8.45. The molecule has 0 aliphatic rings. The van der Waals surface area contributed by atoms with Gasteiger partial charge < -0.3 is 13.7 Å². The van der Waals surface area contributed by atoms with Crippen molar-refractivity contribution >= 4 is 23.1 Å². The summed E-state index contributed by atoms with van der Waals surface area (Å²) in [4.78, 5) is 5.43. The van der Waals surface area contributed by atoms with Crippen LogP contribution in [0.2, 0.25) is 0 Å². The number of hydrogen-bond acceptors (Lipinski definition) is 9. The molecular formula is C20H20N4O3S2. The number of nitrogens with zero attached hydrogens (tertiary/aromatic N) is 4. The molecule has 29 heavy (non-hydrogen) atoms. The first-order valence-corrected chi connectivity index (χ1v) is 11.1. The van der Waals surface area contributed by atoms with Gasteiger partial charge in [-0.05, 0) is 48.9 Å². The Hall–Kier alpha value is -2.65. The summed E-state index contributed by atoms with van der Waals surface area (Å²) in [5, 5.41) is 14.7. The molecule has 0 aliphatic carbocycles. The Morgan fingerprint density at radius 1 is 1.14 bits per heavy atom. The van der Waals surface area contributed by atoms with E-state index >= 15 is 0 Å². The number of rotatable bonds is 9. The third-order valence-corrected chi connectivity index (χ3v) is 5.88. The van der Waals surface area contributed by atoms with Gasteiger partial charge in [-0.15, -0.1) is 21.5 Å². The first-order valence-electron chi connectivity index (χ1n) is 9.19. The van der Waals surface area contributed by atoms with Gasteiger partial charge in [0.2, 0.25) is 11.7 Å². The first-order chi connectivity index (χ1) is 14.2. The summed E-state index contributed by atoms with van der Waals surface area (Å²) < 4.78 is 16.8. The van der Waals surface area contributed by atoms with Crippen LogP contribution in [0.1, 0.15) is 29.3 Å². The lowest BCUT2D eigenvalue weighted by atomic mass is 10.1. The molecule has 0 bridgehead atoms. The standard InChI is InChI=1S/C20H20N4O3S2/c1-13-7-8-14(2)15(11-13)25-12-18-22-23-20(26-18)29-10-4-6-17-21-19(24-27-17)16-5-3-9-28-16/h3,5,7-9,11H,4,6,10,12H2,1-2H3. The molecule has 4 aromatic rings.